The Hall–Kier alpha value is -3.65. The molecule has 0 spiro atoms. The van der Waals surface area contributed by atoms with Gasteiger partial charge in [-0.25, -0.2) is 0 Å². The second-order valence-electron chi connectivity index (χ2n) is 9.47. The maximum Gasteiger partial charge on any atom is 0.254 e. The Labute approximate surface area is 197 Å². The Kier molecular flexibility index (Phi) is 6.74. The minimum Gasteiger partial charge on any atom is -0.323 e. The quantitative estimate of drug-likeness (QED) is 0.310. The van der Waals surface area contributed by atoms with E-state index in [-0.39, 0.29) is 17.4 Å². The van der Waals surface area contributed by atoms with Crippen molar-refractivity contribution < 1.29 is 4.79 Å². The highest BCUT2D eigenvalue weighted by atomic mass is 16.2. The predicted octanol–water partition coefficient (Wildman–Crippen LogP) is 7.42. The first-order chi connectivity index (χ1) is 15.9. The number of rotatable bonds is 6. The monoisotopic (exact) mass is 433 g/mol. The fourth-order valence-corrected chi connectivity index (χ4v) is 4.16. The van der Waals surface area contributed by atoms with E-state index in [9.17, 15) is 4.79 Å². The fourth-order valence-electron chi connectivity index (χ4n) is 4.16. The molecule has 0 atom stereocenters. The number of amides is 1. The summed E-state index contributed by atoms with van der Waals surface area (Å²) in [5.41, 5.74) is 5.38. The standard InChI is InChI=1S/C31H31NO/c1-31(2,3)28-21-19-24(20-22-28)23-32(30(33)27-17-11-6-12-18-27)29(25-13-7-4-8-14-25)26-15-9-5-10-16-26/h4-22,29H,23H2,1-3H3. The van der Waals surface area contributed by atoms with E-state index in [1.807, 2.05) is 71.6 Å². The van der Waals surface area contributed by atoms with Gasteiger partial charge in [0.25, 0.3) is 5.91 Å². The minimum absolute atomic E-state index is 0.0215. The van der Waals surface area contributed by atoms with Gasteiger partial charge in [0.05, 0.1) is 6.04 Å². The highest BCUT2D eigenvalue weighted by molar-refractivity contribution is 5.94. The molecule has 0 unspecified atom stereocenters. The first-order valence-electron chi connectivity index (χ1n) is 11.5. The van der Waals surface area contributed by atoms with Crippen molar-refractivity contribution in [2.24, 2.45) is 0 Å². The second-order valence-corrected chi connectivity index (χ2v) is 9.47. The van der Waals surface area contributed by atoms with Gasteiger partial charge in [-0.15, -0.1) is 0 Å². The zero-order chi connectivity index (χ0) is 23.3. The lowest BCUT2D eigenvalue weighted by atomic mass is 9.86. The van der Waals surface area contributed by atoms with Crippen molar-refractivity contribution in [1.82, 2.24) is 4.90 Å². The SMILES string of the molecule is CC(C)(C)c1ccc(CN(C(=O)c2ccccc2)C(c2ccccc2)c2ccccc2)cc1. The number of nitrogens with zero attached hydrogens (tertiary/aromatic N) is 1. The molecule has 0 aliphatic rings. The summed E-state index contributed by atoms with van der Waals surface area (Å²) in [7, 11) is 0. The van der Waals surface area contributed by atoms with Gasteiger partial charge in [-0.2, -0.15) is 0 Å². The average molecular weight is 434 g/mol. The van der Waals surface area contributed by atoms with Crippen molar-refractivity contribution in [3.63, 3.8) is 0 Å². The van der Waals surface area contributed by atoms with Gasteiger partial charge in [-0.1, -0.05) is 124 Å². The van der Waals surface area contributed by atoms with Crippen LogP contribution in [0.15, 0.2) is 115 Å². The summed E-state index contributed by atoms with van der Waals surface area (Å²) in [5.74, 6) is 0.0215. The Morgan fingerprint density at radius 3 is 1.58 bits per heavy atom. The molecule has 4 rings (SSSR count). The van der Waals surface area contributed by atoms with Crippen LogP contribution in [0.25, 0.3) is 0 Å². The van der Waals surface area contributed by atoms with E-state index in [1.54, 1.807) is 0 Å². The minimum atomic E-state index is -0.192. The van der Waals surface area contributed by atoms with Crippen molar-refractivity contribution in [2.45, 2.75) is 38.8 Å². The van der Waals surface area contributed by atoms with Gasteiger partial charge in [-0.05, 0) is 39.8 Å². The van der Waals surface area contributed by atoms with Crippen LogP contribution in [-0.4, -0.2) is 10.8 Å². The van der Waals surface area contributed by atoms with Gasteiger partial charge in [-0.3, -0.25) is 4.79 Å². The van der Waals surface area contributed by atoms with E-state index in [1.165, 1.54) is 5.56 Å². The molecule has 1 amide bonds. The van der Waals surface area contributed by atoms with Crippen LogP contribution in [-0.2, 0) is 12.0 Å². The number of hydrogen-bond acceptors (Lipinski definition) is 1. The number of hydrogen-bond donors (Lipinski definition) is 0. The molecule has 0 aliphatic heterocycles. The lowest BCUT2D eigenvalue weighted by Gasteiger charge is -2.33. The van der Waals surface area contributed by atoms with Crippen LogP contribution in [0.5, 0.6) is 0 Å². The van der Waals surface area contributed by atoms with Crippen molar-refractivity contribution in [2.75, 3.05) is 0 Å². The summed E-state index contributed by atoms with van der Waals surface area (Å²) < 4.78 is 0. The van der Waals surface area contributed by atoms with E-state index < -0.39 is 0 Å². The molecule has 166 valence electrons. The maximum atomic E-state index is 13.9. The van der Waals surface area contributed by atoms with Crippen molar-refractivity contribution >= 4 is 5.91 Å². The highest BCUT2D eigenvalue weighted by Gasteiger charge is 2.28. The lowest BCUT2D eigenvalue weighted by molar-refractivity contribution is 0.0690. The van der Waals surface area contributed by atoms with E-state index >= 15 is 0 Å². The van der Waals surface area contributed by atoms with Crippen LogP contribution in [0.1, 0.15) is 59.4 Å². The van der Waals surface area contributed by atoms with Gasteiger partial charge in [0.2, 0.25) is 0 Å². The molecule has 0 saturated heterocycles. The molecule has 0 aliphatic carbocycles. The van der Waals surface area contributed by atoms with Crippen molar-refractivity contribution in [1.29, 1.82) is 0 Å². The number of benzene rings is 4. The molecule has 4 aromatic carbocycles. The van der Waals surface area contributed by atoms with Crippen LogP contribution >= 0.6 is 0 Å². The number of carbonyl (C=O) groups is 1. The van der Waals surface area contributed by atoms with Crippen molar-refractivity contribution in [3.8, 4) is 0 Å². The second kappa shape index (κ2) is 9.87. The van der Waals surface area contributed by atoms with Crippen LogP contribution in [0.2, 0.25) is 0 Å². The summed E-state index contributed by atoms with van der Waals surface area (Å²) in [6.07, 6.45) is 0. The average Bonchev–Trinajstić information content (AvgIpc) is 2.85. The molecule has 0 N–H and O–H groups in total. The van der Waals surface area contributed by atoms with E-state index in [4.69, 9.17) is 0 Å². The third kappa shape index (κ3) is 5.40. The summed E-state index contributed by atoms with van der Waals surface area (Å²) in [5, 5.41) is 0. The van der Waals surface area contributed by atoms with E-state index in [0.717, 1.165) is 16.7 Å². The maximum absolute atomic E-state index is 13.9. The molecule has 0 radical (unpaired) electrons. The van der Waals surface area contributed by atoms with Gasteiger partial charge in [0, 0.05) is 12.1 Å². The molecule has 2 heteroatoms. The van der Waals surface area contributed by atoms with Gasteiger partial charge >= 0.3 is 0 Å². The van der Waals surface area contributed by atoms with Crippen LogP contribution in [0, 0.1) is 0 Å². The zero-order valence-corrected chi connectivity index (χ0v) is 19.6. The highest BCUT2D eigenvalue weighted by Crippen LogP contribution is 2.32. The van der Waals surface area contributed by atoms with Gasteiger partial charge in [0.15, 0.2) is 0 Å². The number of carbonyl (C=O) groups excluding carboxylic acids is 1. The summed E-state index contributed by atoms with van der Waals surface area (Å²) in [6, 6.07) is 38.6. The molecule has 0 fully saturated rings. The summed E-state index contributed by atoms with van der Waals surface area (Å²) in [6.45, 7) is 7.17. The molecule has 4 aromatic rings. The normalized spacial score (nSPS) is 11.4. The topological polar surface area (TPSA) is 20.3 Å². The molecule has 0 heterocycles. The molecule has 33 heavy (non-hydrogen) atoms. The molecule has 0 aromatic heterocycles. The smallest absolute Gasteiger partial charge is 0.254 e. The van der Waals surface area contributed by atoms with Crippen molar-refractivity contribution in [3.05, 3.63) is 143 Å². The van der Waals surface area contributed by atoms with Gasteiger partial charge in [0.1, 0.15) is 0 Å². The van der Waals surface area contributed by atoms with Crippen LogP contribution in [0.4, 0.5) is 0 Å². The Balaban J connectivity index is 1.79. The van der Waals surface area contributed by atoms with Crippen LogP contribution in [0.3, 0.4) is 0 Å². The zero-order valence-electron chi connectivity index (χ0n) is 19.6. The molecule has 0 saturated carbocycles. The molecule has 2 nitrogen and oxygen atoms in total. The third-order valence-corrected chi connectivity index (χ3v) is 6.00. The Bertz CT molecular complexity index is 1120. The van der Waals surface area contributed by atoms with E-state index in [0.29, 0.717) is 12.1 Å². The largest absolute Gasteiger partial charge is 0.323 e. The summed E-state index contributed by atoms with van der Waals surface area (Å²) in [4.78, 5) is 15.9. The fraction of sp³-hybridized carbons (Fsp3) is 0.194. The Morgan fingerprint density at radius 2 is 1.12 bits per heavy atom. The van der Waals surface area contributed by atoms with Crippen LogP contribution < -0.4 is 0 Å². The third-order valence-electron chi connectivity index (χ3n) is 6.00. The molecular weight excluding hydrogens is 402 g/mol. The molecular formula is C31H31NO. The Morgan fingerprint density at radius 1 is 0.667 bits per heavy atom. The van der Waals surface area contributed by atoms with E-state index in [2.05, 4.69) is 69.3 Å². The van der Waals surface area contributed by atoms with Gasteiger partial charge < -0.3 is 4.90 Å². The lowest BCUT2D eigenvalue weighted by Crippen LogP contribution is -2.35. The predicted molar refractivity (Wildman–Crippen MR) is 136 cm³/mol. The first kappa shape index (κ1) is 22.5. The molecule has 0 bridgehead atoms. The summed E-state index contributed by atoms with van der Waals surface area (Å²) >= 11 is 0. The first-order valence-corrected chi connectivity index (χ1v) is 11.5.